The lowest BCUT2D eigenvalue weighted by atomic mass is 10.0. The van der Waals surface area contributed by atoms with Crippen LogP contribution in [0.1, 0.15) is 43.9 Å². The molecule has 2 heterocycles. The third-order valence-electron chi connectivity index (χ3n) is 6.94. The van der Waals surface area contributed by atoms with E-state index in [4.69, 9.17) is 21.6 Å². The largest absolute Gasteiger partial charge is 0.352 e. The van der Waals surface area contributed by atoms with Crippen LogP contribution in [0.2, 0.25) is 5.02 Å². The number of carbonyl (C=O) groups excluding carboxylic acids is 1. The predicted molar refractivity (Wildman–Crippen MR) is 157 cm³/mol. The monoisotopic (exact) mass is 542 g/mol. The molecule has 1 N–H and O–H groups in total. The number of carbonyl (C=O) groups is 1. The number of rotatable bonds is 13. The number of likely N-dealkylation sites (N-methyl/N-ethyl adjacent to an activating group) is 1. The van der Waals surface area contributed by atoms with E-state index in [0.717, 1.165) is 49.0 Å². The number of halogens is 2. The van der Waals surface area contributed by atoms with E-state index in [1.54, 1.807) is 16.8 Å². The van der Waals surface area contributed by atoms with Gasteiger partial charge in [-0.15, -0.1) is 6.58 Å². The molecule has 1 aliphatic rings. The highest BCUT2D eigenvalue weighted by atomic mass is 35.5. The molecule has 2 aromatic rings. The van der Waals surface area contributed by atoms with Crippen LogP contribution in [0.5, 0.6) is 0 Å². The molecule has 1 aromatic carbocycles. The fraction of sp³-hybridized carbons (Fsp3) is 0.483. The molecule has 1 amide bonds. The Morgan fingerprint density at radius 2 is 2.00 bits per heavy atom. The summed E-state index contributed by atoms with van der Waals surface area (Å²) in [6.07, 6.45) is 4.01. The van der Waals surface area contributed by atoms with Gasteiger partial charge in [0.15, 0.2) is 5.82 Å². The second kappa shape index (κ2) is 13.7. The Bertz CT molecular complexity index is 1130. The highest BCUT2D eigenvalue weighted by molar-refractivity contribution is 6.33. The van der Waals surface area contributed by atoms with Crippen LogP contribution in [-0.4, -0.2) is 74.6 Å². The van der Waals surface area contributed by atoms with Gasteiger partial charge < -0.3 is 15.1 Å². The number of amides is 1. The number of aromatic nitrogens is 1. The first kappa shape index (κ1) is 29.6. The first-order valence-corrected chi connectivity index (χ1v) is 13.7. The molecule has 1 unspecified atom stereocenters. The van der Waals surface area contributed by atoms with Crippen LogP contribution >= 0.6 is 11.6 Å². The number of amidine groups is 1. The van der Waals surface area contributed by atoms with Gasteiger partial charge in [0.2, 0.25) is 6.41 Å². The van der Waals surface area contributed by atoms with Crippen molar-refractivity contribution in [1.82, 2.24) is 15.2 Å². The van der Waals surface area contributed by atoms with Gasteiger partial charge in [0.25, 0.3) is 0 Å². The first-order chi connectivity index (χ1) is 18.3. The molecule has 0 spiro atoms. The zero-order valence-electron chi connectivity index (χ0n) is 23.2. The van der Waals surface area contributed by atoms with Crippen molar-refractivity contribution in [3.8, 4) is 0 Å². The number of nitrogens with zero attached hydrogens (tertiary/aromatic N) is 5. The highest BCUT2D eigenvalue weighted by Crippen LogP contribution is 2.38. The summed E-state index contributed by atoms with van der Waals surface area (Å²) in [4.78, 5) is 28.1. The van der Waals surface area contributed by atoms with Crippen LogP contribution in [0.15, 0.2) is 41.9 Å². The van der Waals surface area contributed by atoms with Crippen molar-refractivity contribution in [2.75, 3.05) is 50.1 Å². The molecule has 0 radical (unpaired) electrons. The molecule has 9 heteroatoms. The van der Waals surface area contributed by atoms with Crippen molar-refractivity contribution < 1.29 is 9.18 Å². The van der Waals surface area contributed by atoms with Crippen LogP contribution in [0.3, 0.4) is 0 Å². The fourth-order valence-electron chi connectivity index (χ4n) is 4.95. The Kier molecular flexibility index (Phi) is 10.7. The number of aliphatic imine (C=N–C) groups is 1. The molecular weight excluding hydrogens is 503 g/mol. The molecule has 0 bridgehead atoms. The Labute approximate surface area is 231 Å². The maximum atomic E-state index is 13.8. The number of pyridine rings is 1. The van der Waals surface area contributed by atoms with Crippen LogP contribution in [0.25, 0.3) is 0 Å². The Hall–Kier alpha value is -2.97. The summed E-state index contributed by atoms with van der Waals surface area (Å²) in [5.41, 5.74) is 3.54. The quantitative estimate of drug-likeness (QED) is 0.164. The topological polar surface area (TPSA) is 64.1 Å². The van der Waals surface area contributed by atoms with E-state index in [2.05, 4.69) is 37.6 Å². The van der Waals surface area contributed by atoms with Crippen molar-refractivity contribution in [3.05, 3.63) is 58.6 Å². The number of anilines is 3. The summed E-state index contributed by atoms with van der Waals surface area (Å²) in [5.74, 6) is 1.57. The van der Waals surface area contributed by atoms with Gasteiger partial charge >= 0.3 is 0 Å². The summed E-state index contributed by atoms with van der Waals surface area (Å²) < 4.78 is 13.8. The summed E-state index contributed by atoms with van der Waals surface area (Å²) in [7, 11) is 3.65. The number of hydrogen-bond acceptors (Lipinski definition) is 5. The molecule has 3 rings (SSSR count). The Morgan fingerprint density at radius 3 is 2.50 bits per heavy atom. The minimum atomic E-state index is -0.921. The molecule has 1 fully saturated rings. The smallest absolute Gasteiger partial charge is 0.219 e. The Balaban J connectivity index is 2.29. The third kappa shape index (κ3) is 6.18. The maximum Gasteiger partial charge on any atom is 0.219 e. The number of para-hydroxylation sites is 1. The number of nitrogens with one attached hydrogen (secondary N) is 1. The van der Waals surface area contributed by atoms with Gasteiger partial charge in [-0.1, -0.05) is 49.7 Å². The highest BCUT2D eigenvalue weighted by Gasteiger charge is 2.33. The number of alkyl halides is 1. The summed E-state index contributed by atoms with van der Waals surface area (Å²) in [5, 5.41) is 3.64. The average molecular weight is 543 g/mol. The second-order valence-electron chi connectivity index (χ2n) is 9.50. The van der Waals surface area contributed by atoms with Gasteiger partial charge in [-0.25, -0.2) is 9.37 Å². The molecule has 1 aromatic heterocycles. The van der Waals surface area contributed by atoms with Gasteiger partial charge in [0.05, 0.1) is 29.4 Å². The van der Waals surface area contributed by atoms with E-state index in [1.807, 2.05) is 37.4 Å². The molecule has 206 valence electrons. The van der Waals surface area contributed by atoms with Crippen molar-refractivity contribution in [2.24, 2.45) is 4.99 Å². The van der Waals surface area contributed by atoms with Gasteiger partial charge in [-0.05, 0) is 50.4 Å². The molecule has 1 saturated heterocycles. The van der Waals surface area contributed by atoms with Gasteiger partial charge in [-0.2, -0.15) is 0 Å². The van der Waals surface area contributed by atoms with E-state index in [9.17, 15) is 9.18 Å². The van der Waals surface area contributed by atoms with E-state index >= 15 is 0 Å². The van der Waals surface area contributed by atoms with Crippen LogP contribution in [0, 0.1) is 0 Å². The van der Waals surface area contributed by atoms with E-state index in [-0.39, 0.29) is 19.1 Å². The standard InChI is InChI=1S/C29H40ClFN6O/c1-7-10-14-36(20(4)16-32-5)27(33-6)24-15-25(30)29(35-17-23(31)18-35)34-28(24)37(19-38)26-21(8-2)12-11-13-22(26)9-3/h7,11-13,15,19-20,23,32H,1,8-10,14,16-18H2,2-6H3. The lowest BCUT2D eigenvalue weighted by molar-refractivity contribution is -0.106. The fourth-order valence-corrected chi connectivity index (χ4v) is 5.22. The Morgan fingerprint density at radius 1 is 1.34 bits per heavy atom. The van der Waals surface area contributed by atoms with Crippen molar-refractivity contribution in [1.29, 1.82) is 0 Å². The number of aryl methyl sites for hydroxylation is 2. The summed E-state index contributed by atoms with van der Waals surface area (Å²) in [6, 6.07) is 7.99. The zero-order chi connectivity index (χ0) is 27.8. The number of hydrogen-bond donors (Lipinski definition) is 1. The molecule has 0 saturated carbocycles. The normalized spacial score (nSPS) is 14.7. The van der Waals surface area contributed by atoms with Gasteiger partial charge in [0.1, 0.15) is 17.8 Å². The van der Waals surface area contributed by atoms with Crippen molar-refractivity contribution in [2.45, 2.75) is 52.2 Å². The van der Waals surface area contributed by atoms with Crippen LogP contribution in [-0.2, 0) is 17.6 Å². The summed E-state index contributed by atoms with van der Waals surface area (Å²) in [6.45, 7) is 12.0. The van der Waals surface area contributed by atoms with E-state index < -0.39 is 6.17 Å². The molecule has 38 heavy (non-hydrogen) atoms. The first-order valence-electron chi connectivity index (χ1n) is 13.3. The number of benzene rings is 1. The lowest BCUT2D eigenvalue weighted by Gasteiger charge is -2.38. The second-order valence-corrected chi connectivity index (χ2v) is 9.91. The average Bonchev–Trinajstić information content (AvgIpc) is 2.90. The van der Waals surface area contributed by atoms with Crippen molar-refractivity contribution in [3.63, 3.8) is 0 Å². The van der Waals surface area contributed by atoms with E-state index in [0.29, 0.717) is 34.6 Å². The summed E-state index contributed by atoms with van der Waals surface area (Å²) >= 11 is 6.78. The minimum Gasteiger partial charge on any atom is -0.352 e. The molecule has 7 nitrogen and oxygen atoms in total. The van der Waals surface area contributed by atoms with E-state index in [1.165, 1.54) is 0 Å². The van der Waals surface area contributed by atoms with Gasteiger partial charge in [-0.3, -0.25) is 14.7 Å². The molecule has 0 aliphatic carbocycles. The maximum absolute atomic E-state index is 13.8. The van der Waals surface area contributed by atoms with Crippen LogP contribution < -0.4 is 15.1 Å². The van der Waals surface area contributed by atoms with Gasteiger partial charge in [0, 0.05) is 26.2 Å². The predicted octanol–water partition coefficient (Wildman–Crippen LogP) is 5.17. The van der Waals surface area contributed by atoms with Crippen molar-refractivity contribution >= 4 is 41.2 Å². The third-order valence-corrected chi connectivity index (χ3v) is 7.22. The SMILES string of the molecule is C=CCCN(C(=NC)c1cc(Cl)c(N2CC(F)C2)nc1N(C=O)c1c(CC)cccc1CC)C(C)CNC. The molecule has 1 atom stereocenters. The minimum absolute atomic E-state index is 0.0893. The molecule has 1 aliphatic heterocycles. The molecular formula is C29H40ClFN6O. The lowest BCUT2D eigenvalue weighted by Crippen LogP contribution is -2.49. The zero-order valence-corrected chi connectivity index (χ0v) is 23.9. The van der Waals surface area contributed by atoms with Crippen LogP contribution in [0.4, 0.5) is 21.7 Å².